The van der Waals surface area contributed by atoms with Crippen LogP contribution in [0.5, 0.6) is 5.75 Å². The van der Waals surface area contributed by atoms with E-state index in [0.29, 0.717) is 5.75 Å². The van der Waals surface area contributed by atoms with Crippen molar-refractivity contribution in [3.05, 3.63) is 39.9 Å². The van der Waals surface area contributed by atoms with Gasteiger partial charge in [-0.25, -0.2) is 0 Å². The molecular weight excluding hydrogens is 205 g/mol. The average Bonchev–Trinajstić information content (AvgIpc) is 2.27. The molecule has 6 heteroatoms. The number of aliphatic hydroxyl groups is 1. The lowest BCUT2D eigenvalue weighted by Gasteiger charge is -2.10. The zero-order valence-corrected chi connectivity index (χ0v) is 7.96. The van der Waals surface area contributed by atoms with Crippen molar-refractivity contribution < 1.29 is 19.2 Å². The van der Waals surface area contributed by atoms with Gasteiger partial charge >= 0.3 is 6.30 Å². The number of methoxy groups -OCH3 is 1. The number of halogens is 1. The number of aliphatic hydroxyl groups excluding tert-OH is 1. The lowest BCUT2D eigenvalue weighted by molar-refractivity contribution is -0.567. The third-order valence-corrected chi connectivity index (χ3v) is 1.90. The molecule has 1 rings (SSSR count). The average molecular weight is 215 g/mol. The van der Waals surface area contributed by atoms with Crippen LogP contribution >= 0.6 is 0 Å². The van der Waals surface area contributed by atoms with E-state index < -0.39 is 17.3 Å². The number of ether oxygens (including phenoxy) is 1. The van der Waals surface area contributed by atoms with Gasteiger partial charge in [-0.3, -0.25) is 10.1 Å². The minimum Gasteiger partial charge on any atom is -0.497 e. The van der Waals surface area contributed by atoms with Crippen molar-refractivity contribution in [2.75, 3.05) is 7.11 Å². The van der Waals surface area contributed by atoms with E-state index in [0.717, 1.165) is 0 Å². The van der Waals surface area contributed by atoms with Crippen molar-refractivity contribution in [3.63, 3.8) is 0 Å². The molecule has 0 radical (unpaired) electrons. The van der Waals surface area contributed by atoms with E-state index in [1.807, 2.05) is 0 Å². The number of rotatable bonds is 4. The Hall–Kier alpha value is -1.69. The molecule has 0 amide bonds. The van der Waals surface area contributed by atoms with Gasteiger partial charge in [-0.05, 0) is 17.7 Å². The second-order valence-electron chi connectivity index (χ2n) is 2.88. The molecule has 82 valence electrons. The molecule has 0 aromatic heterocycles. The van der Waals surface area contributed by atoms with Gasteiger partial charge in [0.15, 0.2) is 6.10 Å². The van der Waals surface area contributed by atoms with Gasteiger partial charge in [0.2, 0.25) is 0 Å². The first-order valence-corrected chi connectivity index (χ1v) is 4.16. The molecule has 0 aliphatic rings. The normalized spacial score (nSPS) is 14.3. The van der Waals surface area contributed by atoms with Crippen molar-refractivity contribution in [1.29, 1.82) is 0 Å². The number of hydrogen-bond acceptors (Lipinski definition) is 4. The monoisotopic (exact) mass is 215 g/mol. The predicted molar refractivity (Wildman–Crippen MR) is 49.8 cm³/mol. The third-order valence-electron chi connectivity index (χ3n) is 1.90. The highest BCUT2D eigenvalue weighted by atomic mass is 19.1. The minimum atomic E-state index is -2.53. The Morgan fingerprint density at radius 2 is 2.27 bits per heavy atom. The summed E-state index contributed by atoms with van der Waals surface area (Å²) >= 11 is 0. The van der Waals surface area contributed by atoms with Gasteiger partial charge in [0.25, 0.3) is 0 Å². The van der Waals surface area contributed by atoms with Crippen LogP contribution in [0.2, 0.25) is 0 Å². The fourth-order valence-electron chi connectivity index (χ4n) is 1.10. The zero-order valence-electron chi connectivity index (χ0n) is 7.96. The fraction of sp³-hybridized carbons (Fsp3) is 0.333. The minimum absolute atomic E-state index is 0.110. The Labute approximate surface area is 85.3 Å². The molecule has 1 aromatic carbocycles. The highest BCUT2D eigenvalue weighted by Gasteiger charge is 2.30. The summed E-state index contributed by atoms with van der Waals surface area (Å²) in [5.41, 5.74) is 0.110. The Kier molecular flexibility index (Phi) is 3.56. The maximum atomic E-state index is 12.9. The van der Waals surface area contributed by atoms with Crippen LogP contribution in [-0.4, -0.2) is 23.4 Å². The Morgan fingerprint density at radius 1 is 1.60 bits per heavy atom. The van der Waals surface area contributed by atoms with Crippen LogP contribution < -0.4 is 4.74 Å². The summed E-state index contributed by atoms with van der Waals surface area (Å²) in [6, 6.07) is 5.85. The maximum absolute atomic E-state index is 12.9. The first kappa shape index (κ1) is 11.4. The molecule has 0 bridgehead atoms. The van der Waals surface area contributed by atoms with Crippen molar-refractivity contribution in [1.82, 2.24) is 0 Å². The molecule has 0 aliphatic heterocycles. The molecule has 0 fully saturated rings. The molecule has 0 aliphatic carbocycles. The quantitative estimate of drug-likeness (QED) is 0.466. The molecule has 2 atom stereocenters. The van der Waals surface area contributed by atoms with Crippen molar-refractivity contribution in [2.24, 2.45) is 0 Å². The van der Waals surface area contributed by atoms with E-state index in [4.69, 9.17) is 4.74 Å². The number of alkyl halides is 1. The van der Waals surface area contributed by atoms with Gasteiger partial charge in [-0.1, -0.05) is 12.1 Å². The Balaban J connectivity index is 2.90. The molecule has 5 nitrogen and oxygen atoms in total. The second kappa shape index (κ2) is 4.70. The number of nitrogens with zero attached hydrogens (tertiary/aromatic N) is 1. The van der Waals surface area contributed by atoms with Crippen LogP contribution in [-0.2, 0) is 0 Å². The highest BCUT2D eigenvalue weighted by Crippen LogP contribution is 2.23. The summed E-state index contributed by atoms with van der Waals surface area (Å²) in [7, 11) is 1.41. The van der Waals surface area contributed by atoms with E-state index in [9.17, 15) is 19.6 Å². The van der Waals surface area contributed by atoms with Crippen LogP contribution in [0.1, 0.15) is 11.7 Å². The van der Waals surface area contributed by atoms with E-state index in [2.05, 4.69) is 0 Å². The molecule has 0 saturated heterocycles. The SMILES string of the molecule is COc1cccc(C(O)C(F)[N+](=O)[O-])c1. The number of nitro groups is 1. The van der Waals surface area contributed by atoms with Gasteiger partial charge in [-0.2, -0.15) is 4.39 Å². The molecule has 0 saturated carbocycles. The van der Waals surface area contributed by atoms with E-state index in [1.54, 1.807) is 6.07 Å². The molecule has 0 spiro atoms. The molecular formula is C9H10FNO4. The summed E-state index contributed by atoms with van der Waals surface area (Å²) in [6.07, 6.45) is -4.31. The topological polar surface area (TPSA) is 72.6 Å². The lowest BCUT2D eigenvalue weighted by Crippen LogP contribution is -2.22. The lowest BCUT2D eigenvalue weighted by atomic mass is 10.1. The summed E-state index contributed by atoms with van der Waals surface area (Å²) < 4.78 is 17.7. The summed E-state index contributed by atoms with van der Waals surface area (Å²) in [6.45, 7) is 0. The largest absolute Gasteiger partial charge is 0.497 e. The maximum Gasteiger partial charge on any atom is 0.379 e. The summed E-state index contributed by atoms with van der Waals surface area (Å²) in [5.74, 6) is 0.405. The Bertz CT molecular complexity index is 358. The van der Waals surface area contributed by atoms with Crippen LogP contribution in [0.25, 0.3) is 0 Å². The van der Waals surface area contributed by atoms with E-state index in [1.165, 1.54) is 25.3 Å². The first-order chi connectivity index (χ1) is 7.06. The zero-order chi connectivity index (χ0) is 11.4. The molecule has 15 heavy (non-hydrogen) atoms. The predicted octanol–water partition coefficient (Wildman–Crippen LogP) is 1.30. The van der Waals surface area contributed by atoms with Gasteiger partial charge < -0.3 is 9.84 Å². The number of benzene rings is 1. The fourth-order valence-corrected chi connectivity index (χ4v) is 1.10. The Morgan fingerprint density at radius 3 is 2.80 bits per heavy atom. The van der Waals surface area contributed by atoms with Gasteiger partial charge in [0.1, 0.15) is 5.75 Å². The van der Waals surface area contributed by atoms with Crippen molar-refractivity contribution in [2.45, 2.75) is 12.4 Å². The standard InChI is InChI=1S/C9H10FNO4/c1-15-7-4-2-3-6(5-7)8(12)9(10)11(13)14/h2-5,8-9,12H,1H3. The van der Waals surface area contributed by atoms with Crippen molar-refractivity contribution in [3.8, 4) is 5.75 Å². The molecule has 1 aromatic rings. The van der Waals surface area contributed by atoms with Gasteiger partial charge in [0.05, 0.1) is 12.0 Å². The smallest absolute Gasteiger partial charge is 0.379 e. The van der Waals surface area contributed by atoms with Gasteiger partial charge in [-0.15, -0.1) is 0 Å². The van der Waals surface area contributed by atoms with Crippen LogP contribution in [0.3, 0.4) is 0 Å². The van der Waals surface area contributed by atoms with E-state index in [-0.39, 0.29) is 5.56 Å². The van der Waals surface area contributed by atoms with Crippen LogP contribution in [0, 0.1) is 10.1 Å². The van der Waals surface area contributed by atoms with Crippen LogP contribution in [0.15, 0.2) is 24.3 Å². The summed E-state index contributed by atoms with van der Waals surface area (Å²) in [5, 5.41) is 19.4. The first-order valence-electron chi connectivity index (χ1n) is 4.16. The van der Waals surface area contributed by atoms with E-state index >= 15 is 0 Å². The number of hydrogen-bond donors (Lipinski definition) is 1. The van der Waals surface area contributed by atoms with Gasteiger partial charge in [0, 0.05) is 0 Å². The summed E-state index contributed by atoms with van der Waals surface area (Å²) in [4.78, 5) is 8.93. The third kappa shape index (κ3) is 2.63. The highest BCUT2D eigenvalue weighted by molar-refractivity contribution is 5.29. The molecule has 0 heterocycles. The van der Waals surface area contributed by atoms with Crippen molar-refractivity contribution >= 4 is 0 Å². The molecule has 1 N–H and O–H groups in total. The van der Waals surface area contributed by atoms with Crippen LogP contribution in [0.4, 0.5) is 4.39 Å². The second-order valence-corrected chi connectivity index (χ2v) is 2.88. The molecule has 2 unspecified atom stereocenters.